The molecule has 0 aliphatic carbocycles. The number of aliphatic hydroxyl groups excluding tert-OH is 1. The summed E-state index contributed by atoms with van der Waals surface area (Å²) in [6, 6.07) is 16.9. The first-order valence-electron chi connectivity index (χ1n) is 11.0. The second-order valence-corrected chi connectivity index (χ2v) is 9.12. The van der Waals surface area contributed by atoms with Gasteiger partial charge in [0.05, 0.1) is 22.4 Å². The SMILES string of the molecule is CCOc1ccc(C(O)=C2C(=O)C(=O)N(c3nc4ccc(C)cc4s3)[C@@H]2c2ccccc2F)cc1. The molecule has 3 aromatic carbocycles. The summed E-state index contributed by atoms with van der Waals surface area (Å²) >= 11 is 1.23. The molecule has 5 rings (SSSR count). The highest BCUT2D eigenvalue weighted by Crippen LogP contribution is 2.45. The number of hydrogen-bond donors (Lipinski definition) is 1. The Morgan fingerprint density at radius 1 is 1.11 bits per heavy atom. The van der Waals surface area contributed by atoms with E-state index in [-0.39, 0.29) is 22.0 Å². The van der Waals surface area contributed by atoms with Gasteiger partial charge in [0, 0.05) is 11.1 Å². The molecule has 0 unspecified atom stereocenters. The van der Waals surface area contributed by atoms with E-state index in [0.29, 0.717) is 23.4 Å². The number of anilines is 1. The van der Waals surface area contributed by atoms with Crippen LogP contribution in [0.25, 0.3) is 16.0 Å². The molecular weight excluding hydrogens is 467 g/mol. The van der Waals surface area contributed by atoms with Gasteiger partial charge in [0.2, 0.25) is 0 Å². The zero-order valence-electron chi connectivity index (χ0n) is 19.0. The van der Waals surface area contributed by atoms with Gasteiger partial charge in [-0.05, 0) is 61.9 Å². The van der Waals surface area contributed by atoms with E-state index < -0.39 is 23.5 Å². The third-order valence-electron chi connectivity index (χ3n) is 5.82. The number of ketones is 1. The number of fused-ring (bicyclic) bond motifs is 1. The molecule has 1 N–H and O–H groups in total. The van der Waals surface area contributed by atoms with E-state index >= 15 is 4.39 Å². The number of halogens is 1. The molecule has 0 spiro atoms. The van der Waals surface area contributed by atoms with Gasteiger partial charge in [-0.3, -0.25) is 14.5 Å². The van der Waals surface area contributed by atoms with Crippen molar-refractivity contribution in [1.82, 2.24) is 4.98 Å². The third kappa shape index (κ3) is 3.95. The van der Waals surface area contributed by atoms with Crippen LogP contribution in [-0.2, 0) is 9.59 Å². The van der Waals surface area contributed by atoms with Crippen LogP contribution in [-0.4, -0.2) is 28.4 Å². The summed E-state index contributed by atoms with van der Waals surface area (Å²) in [6.07, 6.45) is 0. The van der Waals surface area contributed by atoms with Gasteiger partial charge in [-0.25, -0.2) is 9.37 Å². The predicted molar refractivity (Wildman–Crippen MR) is 133 cm³/mol. The number of carbonyl (C=O) groups excluding carboxylic acids is 2. The molecule has 35 heavy (non-hydrogen) atoms. The first-order chi connectivity index (χ1) is 16.9. The van der Waals surface area contributed by atoms with Gasteiger partial charge >= 0.3 is 5.91 Å². The predicted octanol–water partition coefficient (Wildman–Crippen LogP) is 5.77. The molecule has 0 saturated carbocycles. The topological polar surface area (TPSA) is 79.7 Å². The van der Waals surface area contributed by atoms with E-state index in [4.69, 9.17) is 4.74 Å². The van der Waals surface area contributed by atoms with Crippen LogP contribution in [0, 0.1) is 12.7 Å². The maximum atomic E-state index is 15.0. The molecule has 2 heterocycles. The minimum Gasteiger partial charge on any atom is -0.507 e. The lowest BCUT2D eigenvalue weighted by Gasteiger charge is -2.23. The maximum absolute atomic E-state index is 15.0. The van der Waals surface area contributed by atoms with Gasteiger partial charge < -0.3 is 9.84 Å². The molecule has 1 aliphatic rings. The monoisotopic (exact) mass is 488 g/mol. The number of aryl methyl sites for hydroxylation is 1. The summed E-state index contributed by atoms with van der Waals surface area (Å²) in [6.45, 7) is 4.28. The first kappa shape index (κ1) is 22.7. The van der Waals surface area contributed by atoms with Gasteiger partial charge in [0.1, 0.15) is 23.4 Å². The number of hydrogen-bond acceptors (Lipinski definition) is 6. The van der Waals surface area contributed by atoms with Crippen molar-refractivity contribution in [3.05, 3.63) is 94.8 Å². The van der Waals surface area contributed by atoms with E-state index in [2.05, 4.69) is 4.98 Å². The molecule has 1 aliphatic heterocycles. The third-order valence-corrected chi connectivity index (χ3v) is 6.84. The Balaban J connectivity index is 1.70. The smallest absolute Gasteiger partial charge is 0.301 e. The number of amides is 1. The second kappa shape index (κ2) is 8.96. The minimum absolute atomic E-state index is 0.0922. The number of rotatable bonds is 5. The lowest BCUT2D eigenvalue weighted by molar-refractivity contribution is -0.132. The van der Waals surface area contributed by atoms with E-state index in [1.165, 1.54) is 34.4 Å². The Kier molecular flexibility index (Phi) is 5.82. The fourth-order valence-electron chi connectivity index (χ4n) is 4.17. The highest BCUT2D eigenvalue weighted by molar-refractivity contribution is 7.22. The average Bonchev–Trinajstić information content (AvgIpc) is 3.37. The quantitative estimate of drug-likeness (QED) is 0.219. The summed E-state index contributed by atoms with van der Waals surface area (Å²) < 4.78 is 21.3. The standard InChI is InChI=1S/C27H21FN2O4S/c1-3-34-17-11-9-16(10-12-17)24(31)22-23(18-6-4-5-7-19(18)28)30(26(33)25(22)32)27-29-20-13-8-15(2)14-21(20)35-27/h4-14,23,31H,3H2,1-2H3/t23-/m1/s1. The average molecular weight is 489 g/mol. The largest absolute Gasteiger partial charge is 0.507 e. The van der Waals surface area contributed by atoms with Crippen LogP contribution in [0.4, 0.5) is 9.52 Å². The van der Waals surface area contributed by atoms with Crippen molar-refractivity contribution in [3.63, 3.8) is 0 Å². The minimum atomic E-state index is -1.18. The summed E-state index contributed by atoms with van der Waals surface area (Å²) in [7, 11) is 0. The van der Waals surface area contributed by atoms with Crippen molar-refractivity contribution in [3.8, 4) is 5.75 Å². The molecule has 0 bridgehead atoms. The molecule has 176 valence electrons. The van der Waals surface area contributed by atoms with E-state index in [1.54, 1.807) is 30.3 Å². The number of carbonyl (C=O) groups is 2. The number of benzene rings is 3. The number of aliphatic hydroxyl groups is 1. The highest BCUT2D eigenvalue weighted by Gasteiger charge is 2.49. The Hall–Kier alpha value is -4.04. The summed E-state index contributed by atoms with van der Waals surface area (Å²) in [5.74, 6) is -2.17. The van der Waals surface area contributed by atoms with Crippen LogP contribution in [0.5, 0.6) is 5.75 Å². The van der Waals surface area contributed by atoms with Crippen LogP contribution in [0.3, 0.4) is 0 Å². The molecular formula is C27H21FN2O4S. The molecule has 8 heteroatoms. The molecule has 1 amide bonds. The molecule has 0 radical (unpaired) electrons. The number of nitrogens with zero attached hydrogens (tertiary/aromatic N) is 2. The number of Topliss-reactive ketones (excluding diaryl/α,β-unsaturated/α-hetero) is 1. The summed E-state index contributed by atoms with van der Waals surface area (Å²) in [5, 5.41) is 11.4. The van der Waals surface area contributed by atoms with Crippen LogP contribution >= 0.6 is 11.3 Å². The van der Waals surface area contributed by atoms with Crippen molar-refractivity contribution in [2.75, 3.05) is 11.5 Å². The summed E-state index contributed by atoms with van der Waals surface area (Å²) in [5.41, 5.74) is 1.90. The molecule has 4 aromatic rings. The summed E-state index contributed by atoms with van der Waals surface area (Å²) in [4.78, 5) is 32.3. The second-order valence-electron chi connectivity index (χ2n) is 8.12. The highest BCUT2D eigenvalue weighted by atomic mass is 32.1. The van der Waals surface area contributed by atoms with Gasteiger partial charge in [-0.2, -0.15) is 0 Å². The van der Waals surface area contributed by atoms with Crippen LogP contribution in [0.1, 0.15) is 29.7 Å². The van der Waals surface area contributed by atoms with Gasteiger partial charge in [-0.15, -0.1) is 0 Å². The van der Waals surface area contributed by atoms with Crippen molar-refractivity contribution in [1.29, 1.82) is 0 Å². The lowest BCUT2D eigenvalue weighted by Crippen LogP contribution is -2.29. The van der Waals surface area contributed by atoms with Crippen molar-refractivity contribution in [2.24, 2.45) is 0 Å². The van der Waals surface area contributed by atoms with E-state index in [9.17, 15) is 14.7 Å². The van der Waals surface area contributed by atoms with E-state index in [0.717, 1.165) is 10.3 Å². The molecule has 1 saturated heterocycles. The first-order valence-corrected chi connectivity index (χ1v) is 11.9. The van der Waals surface area contributed by atoms with Gasteiger partial charge in [0.15, 0.2) is 5.13 Å². The zero-order valence-corrected chi connectivity index (χ0v) is 19.8. The Morgan fingerprint density at radius 3 is 2.57 bits per heavy atom. The zero-order chi connectivity index (χ0) is 24.7. The number of aromatic nitrogens is 1. The molecule has 6 nitrogen and oxygen atoms in total. The van der Waals surface area contributed by atoms with Gasteiger partial charge in [0.25, 0.3) is 5.78 Å². The maximum Gasteiger partial charge on any atom is 0.301 e. The molecule has 1 atom stereocenters. The van der Waals surface area contributed by atoms with E-state index in [1.807, 2.05) is 32.0 Å². The van der Waals surface area contributed by atoms with Crippen molar-refractivity contribution < 1.29 is 23.8 Å². The van der Waals surface area contributed by atoms with Crippen molar-refractivity contribution >= 4 is 44.1 Å². The fourth-order valence-corrected chi connectivity index (χ4v) is 5.27. The number of ether oxygens (including phenoxy) is 1. The Morgan fingerprint density at radius 2 is 1.86 bits per heavy atom. The molecule has 1 aromatic heterocycles. The normalized spacial score (nSPS) is 17.3. The fraction of sp³-hybridized carbons (Fsp3) is 0.148. The van der Waals surface area contributed by atoms with Crippen LogP contribution < -0.4 is 9.64 Å². The van der Waals surface area contributed by atoms with Crippen LogP contribution in [0.15, 0.2) is 72.3 Å². The van der Waals surface area contributed by atoms with Crippen molar-refractivity contribution in [2.45, 2.75) is 19.9 Å². The van der Waals surface area contributed by atoms with Crippen LogP contribution in [0.2, 0.25) is 0 Å². The lowest BCUT2D eigenvalue weighted by atomic mass is 9.95. The Labute approximate surface area is 204 Å². The number of thiazole rings is 1. The molecule has 1 fully saturated rings. The Bertz CT molecular complexity index is 1490. The van der Waals surface area contributed by atoms with Gasteiger partial charge in [-0.1, -0.05) is 35.6 Å².